The Morgan fingerprint density at radius 2 is 1.91 bits per heavy atom. The van der Waals surface area contributed by atoms with E-state index in [0.29, 0.717) is 18.9 Å². The Morgan fingerprint density at radius 3 is 2.38 bits per heavy atom. The summed E-state index contributed by atoms with van der Waals surface area (Å²) in [5.74, 6) is -0.139. The third kappa shape index (κ3) is 6.75. The minimum absolute atomic E-state index is 0.00435. The van der Waals surface area contributed by atoms with Gasteiger partial charge in [0.25, 0.3) is 0 Å². The van der Waals surface area contributed by atoms with Gasteiger partial charge in [-0.05, 0) is 44.6 Å². The van der Waals surface area contributed by atoms with E-state index in [9.17, 15) is 4.79 Å². The summed E-state index contributed by atoms with van der Waals surface area (Å²) in [5.41, 5.74) is 1.16. The molecule has 32 heavy (non-hydrogen) atoms. The average molecular weight is 464 g/mol. The molecule has 0 amide bonds. The molecule has 0 aliphatic carbocycles. The number of ether oxygens (including phenoxy) is 3. The Balaban J connectivity index is 2.51. The van der Waals surface area contributed by atoms with E-state index in [4.69, 9.17) is 18.6 Å². The van der Waals surface area contributed by atoms with E-state index in [1.54, 1.807) is 7.11 Å². The van der Waals surface area contributed by atoms with Crippen molar-refractivity contribution in [1.29, 1.82) is 0 Å². The largest absolute Gasteiger partial charge is 0.499 e. The molecule has 1 saturated heterocycles. The van der Waals surface area contributed by atoms with E-state index in [2.05, 4.69) is 50.9 Å². The van der Waals surface area contributed by atoms with Crippen LogP contribution in [0.2, 0.25) is 18.1 Å². The molecule has 1 aromatic carbocycles. The van der Waals surface area contributed by atoms with Gasteiger partial charge in [0.1, 0.15) is 18.1 Å². The van der Waals surface area contributed by atoms with Crippen LogP contribution < -0.4 is 0 Å². The monoisotopic (exact) mass is 463 g/mol. The molecule has 1 fully saturated rings. The fraction of sp³-hybridized carbons (Fsp3) is 0.640. The van der Waals surface area contributed by atoms with Crippen LogP contribution in [-0.4, -0.2) is 64.3 Å². The molecule has 1 aromatic rings. The molecule has 1 aliphatic rings. The first kappa shape index (κ1) is 26.7. The van der Waals surface area contributed by atoms with Gasteiger partial charge in [0.15, 0.2) is 14.1 Å². The fourth-order valence-electron chi connectivity index (χ4n) is 3.69. The number of hydrogen-bond acceptors (Lipinski definition) is 6. The van der Waals surface area contributed by atoms with Gasteiger partial charge in [0.2, 0.25) is 0 Å². The van der Waals surface area contributed by atoms with Gasteiger partial charge in [-0.2, -0.15) is 0 Å². The van der Waals surface area contributed by atoms with Crippen molar-refractivity contribution in [3.05, 3.63) is 47.7 Å². The van der Waals surface area contributed by atoms with Crippen molar-refractivity contribution in [2.24, 2.45) is 0 Å². The lowest BCUT2D eigenvalue weighted by Crippen LogP contribution is -2.56. The first-order valence-corrected chi connectivity index (χ1v) is 14.2. The Morgan fingerprint density at radius 1 is 1.28 bits per heavy atom. The van der Waals surface area contributed by atoms with Gasteiger partial charge in [0.05, 0.1) is 25.9 Å². The molecule has 0 unspecified atom stereocenters. The second-order valence-corrected chi connectivity index (χ2v) is 15.2. The first-order valence-electron chi connectivity index (χ1n) is 11.2. The molecule has 6 nitrogen and oxygen atoms in total. The third-order valence-electron chi connectivity index (χ3n) is 6.45. The maximum absolute atomic E-state index is 11.5. The third-order valence-corrected chi connectivity index (χ3v) is 10.9. The molecular weight excluding hydrogens is 422 g/mol. The van der Waals surface area contributed by atoms with Gasteiger partial charge in [-0.3, -0.25) is 9.69 Å². The number of aldehydes is 1. The summed E-state index contributed by atoms with van der Waals surface area (Å²) >= 11 is 0. The summed E-state index contributed by atoms with van der Waals surface area (Å²) in [5, 5.41) is 0.00435. The van der Waals surface area contributed by atoms with Crippen molar-refractivity contribution in [2.75, 3.05) is 20.8 Å². The Hall–Kier alpha value is -1.51. The van der Waals surface area contributed by atoms with Crippen molar-refractivity contribution in [1.82, 2.24) is 4.90 Å². The smallest absolute Gasteiger partial charge is 0.192 e. The van der Waals surface area contributed by atoms with E-state index in [1.165, 1.54) is 6.08 Å². The molecule has 1 aliphatic heterocycles. The van der Waals surface area contributed by atoms with Crippen molar-refractivity contribution in [3.63, 3.8) is 0 Å². The molecule has 0 aromatic heterocycles. The highest BCUT2D eigenvalue weighted by Gasteiger charge is 2.49. The molecule has 0 bridgehead atoms. The maximum atomic E-state index is 11.5. The standard InChI is InChI=1S/C25H41NO5Si/c1-24(2,3)32(8,9)31-23(21-18-29-25(4,5)30-21)22(20(28-7)15-16-27)26(6)17-19-13-11-10-12-14-19/h10-16,21-23H,17-18H2,1-9H3/b20-15+/t21-,22-,23-/m1/s1. The van der Waals surface area contributed by atoms with E-state index in [0.717, 1.165) is 11.8 Å². The summed E-state index contributed by atoms with van der Waals surface area (Å²) in [6.45, 7) is 16.0. The SMILES string of the molecule is CO/C(=C/C=O)[C@H]([C@H](O[Si](C)(C)C(C)(C)C)[C@H]1COC(C)(C)O1)N(C)Cc1ccccc1. The van der Waals surface area contributed by atoms with Crippen LogP contribution in [0.5, 0.6) is 0 Å². The molecule has 0 radical (unpaired) electrons. The van der Waals surface area contributed by atoms with E-state index < -0.39 is 14.1 Å². The molecule has 1 heterocycles. The normalized spacial score (nSPS) is 21.4. The predicted octanol–water partition coefficient (Wildman–Crippen LogP) is 4.76. The van der Waals surface area contributed by atoms with Crippen LogP contribution in [0.15, 0.2) is 42.2 Å². The van der Waals surface area contributed by atoms with Gasteiger partial charge < -0.3 is 18.6 Å². The maximum Gasteiger partial charge on any atom is 0.192 e. The van der Waals surface area contributed by atoms with Gasteiger partial charge in [-0.1, -0.05) is 51.1 Å². The Bertz CT molecular complexity index is 772. The molecule has 2 rings (SSSR count). The number of rotatable bonds is 10. The zero-order chi connectivity index (χ0) is 24.2. The minimum atomic E-state index is -2.20. The van der Waals surface area contributed by atoms with Gasteiger partial charge in [-0.25, -0.2) is 0 Å². The van der Waals surface area contributed by atoms with Crippen LogP contribution in [0.25, 0.3) is 0 Å². The lowest BCUT2D eigenvalue weighted by Gasteiger charge is -2.45. The summed E-state index contributed by atoms with van der Waals surface area (Å²) in [7, 11) is 1.42. The van der Waals surface area contributed by atoms with E-state index in [1.807, 2.05) is 39.1 Å². The van der Waals surface area contributed by atoms with Crippen LogP contribution in [-0.2, 0) is 30.0 Å². The average Bonchev–Trinajstić information content (AvgIpc) is 3.06. The van der Waals surface area contributed by atoms with Crippen LogP contribution >= 0.6 is 0 Å². The Labute approximate surface area is 195 Å². The number of likely N-dealkylation sites (N-methyl/N-ethyl adjacent to an activating group) is 1. The fourth-order valence-corrected chi connectivity index (χ4v) is 5.01. The van der Waals surface area contributed by atoms with Crippen molar-refractivity contribution < 1.29 is 23.4 Å². The number of carbonyl (C=O) groups is 1. The van der Waals surface area contributed by atoms with E-state index in [-0.39, 0.29) is 23.3 Å². The summed E-state index contributed by atoms with van der Waals surface area (Å²) in [6.07, 6.45) is 1.57. The zero-order valence-electron chi connectivity index (χ0n) is 21.2. The first-order chi connectivity index (χ1) is 14.8. The lowest BCUT2D eigenvalue weighted by atomic mass is 10.0. The lowest BCUT2D eigenvalue weighted by molar-refractivity contribution is -0.154. The van der Waals surface area contributed by atoms with E-state index >= 15 is 0 Å². The summed E-state index contributed by atoms with van der Waals surface area (Å²) < 4.78 is 24.9. The number of benzene rings is 1. The van der Waals surface area contributed by atoms with Crippen molar-refractivity contribution in [3.8, 4) is 0 Å². The molecule has 0 saturated carbocycles. The number of carbonyl (C=O) groups excluding carboxylic acids is 1. The van der Waals surface area contributed by atoms with Gasteiger partial charge in [0, 0.05) is 12.6 Å². The second kappa shape index (κ2) is 10.6. The topological polar surface area (TPSA) is 57.2 Å². The molecule has 0 N–H and O–H groups in total. The van der Waals surface area contributed by atoms with Crippen molar-refractivity contribution in [2.45, 2.75) is 83.3 Å². The van der Waals surface area contributed by atoms with Crippen LogP contribution in [0.4, 0.5) is 0 Å². The zero-order valence-corrected chi connectivity index (χ0v) is 22.2. The van der Waals surface area contributed by atoms with Crippen molar-refractivity contribution >= 4 is 14.6 Å². The van der Waals surface area contributed by atoms with Gasteiger partial charge in [-0.15, -0.1) is 0 Å². The predicted molar refractivity (Wildman–Crippen MR) is 130 cm³/mol. The number of nitrogens with zero attached hydrogens (tertiary/aromatic N) is 1. The Kier molecular flexibility index (Phi) is 8.87. The minimum Gasteiger partial charge on any atom is -0.499 e. The number of hydrogen-bond donors (Lipinski definition) is 0. The highest BCUT2D eigenvalue weighted by Crippen LogP contribution is 2.40. The quantitative estimate of drug-likeness (QED) is 0.216. The molecule has 0 spiro atoms. The second-order valence-electron chi connectivity index (χ2n) is 10.5. The number of methoxy groups -OCH3 is 1. The van der Waals surface area contributed by atoms with Gasteiger partial charge >= 0.3 is 0 Å². The van der Waals surface area contributed by atoms with Crippen LogP contribution in [0, 0.1) is 0 Å². The highest BCUT2D eigenvalue weighted by molar-refractivity contribution is 6.74. The molecular formula is C25H41NO5Si. The molecule has 7 heteroatoms. The summed E-state index contributed by atoms with van der Waals surface area (Å²) in [6, 6.07) is 9.90. The molecule has 3 atom stereocenters. The number of allylic oxidation sites excluding steroid dienone is 1. The highest BCUT2D eigenvalue weighted by atomic mass is 28.4. The van der Waals surface area contributed by atoms with Crippen LogP contribution in [0.1, 0.15) is 40.2 Å². The van der Waals surface area contributed by atoms with Crippen LogP contribution in [0.3, 0.4) is 0 Å². The summed E-state index contributed by atoms with van der Waals surface area (Å²) in [4.78, 5) is 13.7. The molecule has 180 valence electrons.